The second-order valence-electron chi connectivity index (χ2n) is 6.74. The molecule has 2 aromatic rings. The first kappa shape index (κ1) is 20.6. The zero-order valence-corrected chi connectivity index (χ0v) is 17.0. The van der Waals surface area contributed by atoms with E-state index in [1.807, 2.05) is 56.3 Å². The predicted molar refractivity (Wildman–Crippen MR) is 106 cm³/mol. The minimum atomic E-state index is -3.48. The summed E-state index contributed by atoms with van der Waals surface area (Å²) in [5.41, 5.74) is 4.14. The van der Waals surface area contributed by atoms with E-state index in [4.69, 9.17) is 4.74 Å². The second kappa shape index (κ2) is 8.77. The number of likely N-dealkylation sites (N-methyl/N-ethyl adjacent to an activating group) is 2. The highest BCUT2D eigenvalue weighted by Crippen LogP contribution is 2.27. The van der Waals surface area contributed by atoms with Crippen molar-refractivity contribution in [1.82, 2.24) is 9.21 Å². The van der Waals surface area contributed by atoms with Gasteiger partial charge < -0.3 is 9.64 Å². The zero-order valence-electron chi connectivity index (χ0n) is 16.2. The van der Waals surface area contributed by atoms with Crippen LogP contribution in [0, 0.1) is 6.92 Å². The van der Waals surface area contributed by atoms with Crippen LogP contribution in [0.1, 0.15) is 11.1 Å². The van der Waals surface area contributed by atoms with Gasteiger partial charge in [-0.2, -0.15) is 4.31 Å². The standard InChI is InChI=1S/C20H28N2O3S/c1-16-14-19(26(23,24)22(4)13-12-21(2)3)10-11-20(16)18-8-6-17(7-9-18)15-25-5/h6-11,14H,12-13,15H2,1-5H3. The molecule has 0 atom stereocenters. The average molecular weight is 377 g/mol. The molecule has 0 saturated carbocycles. The van der Waals surface area contributed by atoms with E-state index >= 15 is 0 Å². The number of aryl methyl sites for hydroxylation is 1. The molecule has 2 aromatic carbocycles. The summed E-state index contributed by atoms with van der Waals surface area (Å²) in [6, 6.07) is 13.4. The molecule has 0 amide bonds. The van der Waals surface area contributed by atoms with Gasteiger partial charge in [0.15, 0.2) is 0 Å². The maximum atomic E-state index is 12.8. The van der Waals surface area contributed by atoms with E-state index in [0.717, 1.165) is 22.3 Å². The molecule has 2 rings (SSSR count). The molecule has 0 spiro atoms. The van der Waals surface area contributed by atoms with Gasteiger partial charge in [-0.1, -0.05) is 30.3 Å². The largest absolute Gasteiger partial charge is 0.380 e. The normalized spacial score (nSPS) is 12.1. The molecule has 26 heavy (non-hydrogen) atoms. The second-order valence-corrected chi connectivity index (χ2v) is 8.78. The van der Waals surface area contributed by atoms with E-state index in [0.29, 0.717) is 24.6 Å². The van der Waals surface area contributed by atoms with Crippen molar-refractivity contribution in [3.63, 3.8) is 0 Å². The average Bonchev–Trinajstić information content (AvgIpc) is 2.60. The summed E-state index contributed by atoms with van der Waals surface area (Å²) in [6.07, 6.45) is 0. The van der Waals surface area contributed by atoms with Crippen molar-refractivity contribution in [2.75, 3.05) is 41.3 Å². The summed E-state index contributed by atoms with van der Waals surface area (Å²) in [5, 5.41) is 0. The van der Waals surface area contributed by atoms with Gasteiger partial charge >= 0.3 is 0 Å². The van der Waals surface area contributed by atoms with E-state index < -0.39 is 10.0 Å². The molecule has 0 aliphatic rings. The smallest absolute Gasteiger partial charge is 0.242 e. The number of benzene rings is 2. The Labute approximate surface area is 157 Å². The fourth-order valence-electron chi connectivity index (χ4n) is 2.71. The fourth-order valence-corrected chi connectivity index (χ4v) is 3.96. The third-order valence-corrected chi connectivity index (χ3v) is 6.20. The van der Waals surface area contributed by atoms with Crippen molar-refractivity contribution in [1.29, 1.82) is 0 Å². The van der Waals surface area contributed by atoms with Crippen LogP contribution in [-0.2, 0) is 21.4 Å². The monoisotopic (exact) mass is 376 g/mol. The van der Waals surface area contributed by atoms with Crippen molar-refractivity contribution < 1.29 is 13.2 Å². The lowest BCUT2D eigenvalue weighted by Crippen LogP contribution is -2.33. The van der Waals surface area contributed by atoms with Crippen molar-refractivity contribution in [2.45, 2.75) is 18.4 Å². The van der Waals surface area contributed by atoms with E-state index in [9.17, 15) is 8.42 Å². The van der Waals surface area contributed by atoms with Gasteiger partial charge in [-0.05, 0) is 55.4 Å². The van der Waals surface area contributed by atoms with Crippen LogP contribution in [0.2, 0.25) is 0 Å². The van der Waals surface area contributed by atoms with Crippen LogP contribution in [-0.4, -0.2) is 59.0 Å². The first-order valence-corrected chi connectivity index (χ1v) is 9.99. The first-order valence-electron chi connectivity index (χ1n) is 8.55. The number of sulfonamides is 1. The third-order valence-electron chi connectivity index (χ3n) is 4.34. The summed E-state index contributed by atoms with van der Waals surface area (Å²) in [5.74, 6) is 0. The van der Waals surface area contributed by atoms with Crippen LogP contribution >= 0.6 is 0 Å². The fraction of sp³-hybridized carbons (Fsp3) is 0.400. The van der Waals surface area contributed by atoms with Crippen molar-refractivity contribution in [2.24, 2.45) is 0 Å². The number of rotatable bonds is 8. The van der Waals surface area contributed by atoms with Crippen molar-refractivity contribution in [3.8, 4) is 11.1 Å². The van der Waals surface area contributed by atoms with Crippen LogP contribution < -0.4 is 0 Å². The van der Waals surface area contributed by atoms with Crippen LogP contribution in [0.15, 0.2) is 47.4 Å². The molecule has 0 aliphatic carbocycles. The van der Waals surface area contributed by atoms with Gasteiger partial charge in [-0.15, -0.1) is 0 Å². The van der Waals surface area contributed by atoms with E-state index in [-0.39, 0.29) is 0 Å². The SMILES string of the molecule is COCc1ccc(-c2ccc(S(=O)(=O)N(C)CCN(C)C)cc2C)cc1. The molecule has 0 heterocycles. The summed E-state index contributed by atoms with van der Waals surface area (Å²) in [6.45, 7) is 3.66. The van der Waals surface area contributed by atoms with Gasteiger partial charge in [0.25, 0.3) is 0 Å². The van der Waals surface area contributed by atoms with Crippen LogP contribution in [0.3, 0.4) is 0 Å². The third kappa shape index (κ3) is 4.92. The molecule has 0 aromatic heterocycles. The Hall–Kier alpha value is -1.73. The molecule has 142 valence electrons. The van der Waals surface area contributed by atoms with Crippen molar-refractivity contribution in [3.05, 3.63) is 53.6 Å². The van der Waals surface area contributed by atoms with Gasteiger partial charge in [-0.25, -0.2) is 8.42 Å². The maximum absolute atomic E-state index is 12.8. The molecule has 0 aliphatic heterocycles. The Kier molecular flexibility index (Phi) is 6.94. The van der Waals surface area contributed by atoms with Gasteiger partial charge in [0, 0.05) is 27.2 Å². The van der Waals surface area contributed by atoms with E-state index in [1.54, 1.807) is 26.3 Å². The summed E-state index contributed by atoms with van der Waals surface area (Å²) >= 11 is 0. The Morgan fingerprint density at radius 1 is 0.962 bits per heavy atom. The first-order chi connectivity index (χ1) is 12.3. The molecule has 5 nitrogen and oxygen atoms in total. The van der Waals surface area contributed by atoms with Gasteiger partial charge in [0.1, 0.15) is 0 Å². The number of methoxy groups -OCH3 is 1. The van der Waals surface area contributed by atoms with Gasteiger partial charge in [-0.3, -0.25) is 0 Å². The zero-order chi connectivity index (χ0) is 19.3. The molecule has 0 saturated heterocycles. The summed E-state index contributed by atoms with van der Waals surface area (Å²) < 4.78 is 32.0. The molecular weight excluding hydrogens is 348 g/mol. The lowest BCUT2D eigenvalue weighted by atomic mass is 10.00. The van der Waals surface area contributed by atoms with E-state index in [2.05, 4.69) is 0 Å². The van der Waals surface area contributed by atoms with Crippen LogP contribution in [0.5, 0.6) is 0 Å². The van der Waals surface area contributed by atoms with E-state index in [1.165, 1.54) is 4.31 Å². The Morgan fingerprint density at radius 2 is 1.62 bits per heavy atom. The molecule has 0 bridgehead atoms. The molecule has 0 radical (unpaired) electrons. The van der Waals surface area contributed by atoms with Crippen LogP contribution in [0.25, 0.3) is 11.1 Å². The lowest BCUT2D eigenvalue weighted by Gasteiger charge is -2.20. The number of hydrogen-bond donors (Lipinski definition) is 0. The maximum Gasteiger partial charge on any atom is 0.242 e. The highest BCUT2D eigenvalue weighted by Gasteiger charge is 2.21. The molecule has 6 heteroatoms. The minimum absolute atomic E-state index is 0.330. The predicted octanol–water partition coefficient (Wildman–Crippen LogP) is 2.99. The minimum Gasteiger partial charge on any atom is -0.380 e. The quantitative estimate of drug-likeness (QED) is 0.711. The van der Waals surface area contributed by atoms with Crippen LogP contribution in [0.4, 0.5) is 0 Å². The summed E-state index contributed by atoms with van der Waals surface area (Å²) in [4.78, 5) is 2.30. The molecule has 0 unspecified atom stereocenters. The number of ether oxygens (including phenoxy) is 1. The molecule has 0 fully saturated rings. The summed E-state index contributed by atoms with van der Waals surface area (Å²) in [7, 11) is 3.67. The number of hydrogen-bond acceptors (Lipinski definition) is 4. The highest BCUT2D eigenvalue weighted by atomic mass is 32.2. The molecular formula is C20H28N2O3S. The topological polar surface area (TPSA) is 49.9 Å². The number of nitrogens with zero attached hydrogens (tertiary/aromatic N) is 2. The van der Waals surface area contributed by atoms with Gasteiger partial charge in [0.2, 0.25) is 10.0 Å². The Morgan fingerprint density at radius 3 is 2.15 bits per heavy atom. The Balaban J connectivity index is 2.25. The lowest BCUT2D eigenvalue weighted by molar-refractivity contribution is 0.185. The Bertz CT molecular complexity index is 831. The molecule has 0 N–H and O–H groups in total. The van der Waals surface area contributed by atoms with Gasteiger partial charge in [0.05, 0.1) is 11.5 Å². The highest BCUT2D eigenvalue weighted by molar-refractivity contribution is 7.89. The van der Waals surface area contributed by atoms with Crippen molar-refractivity contribution >= 4 is 10.0 Å².